The second-order valence-electron chi connectivity index (χ2n) is 5.00. The van der Waals surface area contributed by atoms with Gasteiger partial charge in [-0.1, -0.05) is 34.8 Å². The van der Waals surface area contributed by atoms with E-state index in [4.69, 9.17) is 44.3 Å². The zero-order valence-electron chi connectivity index (χ0n) is 13.1. The van der Waals surface area contributed by atoms with Crippen LogP contribution < -0.4 is 10.1 Å². The van der Waals surface area contributed by atoms with Crippen molar-refractivity contribution in [2.24, 2.45) is 0 Å². The highest BCUT2D eigenvalue weighted by atomic mass is 35.5. The smallest absolute Gasteiger partial charge is 0.347 e. The molecule has 0 aliphatic carbocycles. The zero-order valence-corrected chi connectivity index (χ0v) is 15.4. The van der Waals surface area contributed by atoms with Crippen LogP contribution in [-0.2, 0) is 14.3 Å². The molecule has 0 fully saturated rings. The molecule has 0 bridgehead atoms. The summed E-state index contributed by atoms with van der Waals surface area (Å²) in [5, 5.41) is 3.85. The average Bonchev–Trinajstić information content (AvgIpc) is 2.57. The molecule has 0 aliphatic rings. The molecular weight excluding hydrogens is 389 g/mol. The minimum absolute atomic E-state index is 0.271. The van der Waals surface area contributed by atoms with E-state index < -0.39 is 24.6 Å². The lowest BCUT2D eigenvalue weighted by Gasteiger charge is -2.15. The number of anilines is 1. The second kappa shape index (κ2) is 8.94. The Hall–Kier alpha value is -1.95. The van der Waals surface area contributed by atoms with E-state index in [1.807, 2.05) is 0 Å². The molecule has 0 unspecified atom stereocenters. The Balaban J connectivity index is 1.82. The largest absolute Gasteiger partial charge is 0.477 e. The highest BCUT2D eigenvalue weighted by Gasteiger charge is 2.19. The lowest BCUT2D eigenvalue weighted by Crippen LogP contribution is -2.29. The van der Waals surface area contributed by atoms with Gasteiger partial charge in [-0.25, -0.2) is 4.79 Å². The maximum Gasteiger partial charge on any atom is 0.347 e. The molecule has 2 rings (SSSR count). The van der Waals surface area contributed by atoms with Crippen molar-refractivity contribution in [2.45, 2.75) is 13.0 Å². The normalized spacial score (nSPS) is 11.5. The fraction of sp³-hybridized carbons (Fsp3) is 0.176. The first kappa shape index (κ1) is 19.4. The predicted molar refractivity (Wildman–Crippen MR) is 97.6 cm³/mol. The number of esters is 1. The molecule has 0 saturated heterocycles. The molecule has 0 radical (unpaired) electrons. The Morgan fingerprint density at radius 2 is 1.68 bits per heavy atom. The molecule has 2 aromatic carbocycles. The van der Waals surface area contributed by atoms with E-state index in [-0.39, 0.29) is 5.02 Å². The summed E-state index contributed by atoms with van der Waals surface area (Å²) in [5.74, 6) is -0.884. The molecule has 2 aromatic rings. The molecule has 1 amide bonds. The number of carbonyl (C=O) groups excluding carboxylic acids is 2. The highest BCUT2D eigenvalue weighted by Crippen LogP contribution is 2.28. The molecule has 0 aliphatic heterocycles. The molecule has 0 saturated carbocycles. The predicted octanol–water partition coefficient (Wildman–Crippen LogP) is 4.60. The van der Waals surface area contributed by atoms with Gasteiger partial charge in [0.25, 0.3) is 5.91 Å². The van der Waals surface area contributed by atoms with Crippen molar-refractivity contribution in [3.8, 4) is 5.75 Å². The van der Waals surface area contributed by atoms with Crippen LogP contribution in [0.5, 0.6) is 5.75 Å². The van der Waals surface area contributed by atoms with Gasteiger partial charge in [0.1, 0.15) is 5.75 Å². The van der Waals surface area contributed by atoms with E-state index in [0.29, 0.717) is 21.5 Å². The Kier molecular flexibility index (Phi) is 6.93. The zero-order chi connectivity index (χ0) is 18.4. The monoisotopic (exact) mass is 401 g/mol. The Morgan fingerprint density at radius 1 is 1.04 bits per heavy atom. The SMILES string of the molecule is C[C@@H](Oc1ccc(Cl)cc1Cl)C(=O)OCC(=O)Nc1ccc(Cl)cc1. The van der Waals surface area contributed by atoms with Gasteiger partial charge in [-0.3, -0.25) is 4.79 Å². The van der Waals surface area contributed by atoms with Gasteiger partial charge >= 0.3 is 5.97 Å². The lowest BCUT2D eigenvalue weighted by atomic mass is 10.3. The molecular formula is C17H14Cl3NO4. The van der Waals surface area contributed by atoms with Crippen LogP contribution in [0.4, 0.5) is 5.69 Å². The third kappa shape index (κ3) is 6.12. The van der Waals surface area contributed by atoms with E-state index in [1.54, 1.807) is 36.4 Å². The van der Waals surface area contributed by atoms with Crippen molar-refractivity contribution >= 4 is 52.4 Å². The molecule has 1 atom stereocenters. The fourth-order valence-electron chi connectivity index (χ4n) is 1.79. The van der Waals surface area contributed by atoms with Crippen LogP contribution in [0, 0.1) is 0 Å². The van der Waals surface area contributed by atoms with Crippen LogP contribution >= 0.6 is 34.8 Å². The number of benzene rings is 2. The summed E-state index contributed by atoms with van der Waals surface area (Å²) in [7, 11) is 0. The highest BCUT2D eigenvalue weighted by molar-refractivity contribution is 6.35. The Labute approximate surface area is 159 Å². The van der Waals surface area contributed by atoms with Crippen molar-refractivity contribution in [1.29, 1.82) is 0 Å². The van der Waals surface area contributed by atoms with E-state index in [2.05, 4.69) is 5.32 Å². The second-order valence-corrected chi connectivity index (χ2v) is 6.28. The molecule has 0 aromatic heterocycles. The van der Waals surface area contributed by atoms with Gasteiger partial charge in [0, 0.05) is 15.7 Å². The topological polar surface area (TPSA) is 64.6 Å². The first-order valence-electron chi connectivity index (χ1n) is 7.19. The number of ether oxygens (including phenoxy) is 2. The number of carbonyl (C=O) groups is 2. The maximum absolute atomic E-state index is 11.9. The van der Waals surface area contributed by atoms with Gasteiger partial charge in [-0.05, 0) is 49.4 Å². The van der Waals surface area contributed by atoms with Crippen LogP contribution in [-0.4, -0.2) is 24.6 Å². The molecule has 25 heavy (non-hydrogen) atoms. The summed E-state index contributed by atoms with van der Waals surface area (Å²) in [4.78, 5) is 23.7. The number of amides is 1. The van der Waals surface area contributed by atoms with Crippen molar-refractivity contribution in [3.05, 3.63) is 57.5 Å². The summed E-state index contributed by atoms with van der Waals surface area (Å²) >= 11 is 17.5. The Bertz CT molecular complexity index is 765. The van der Waals surface area contributed by atoms with Gasteiger partial charge in [-0.15, -0.1) is 0 Å². The van der Waals surface area contributed by atoms with Crippen LogP contribution in [0.3, 0.4) is 0 Å². The summed E-state index contributed by atoms with van der Waals surface area (Å²) < 4.78 is 10.3. The van der Waals surface area contributed by atoms with E-state index >= 15 is 0 Å². The van der Waals surface area contributed by atoms with E-state index in [9.17, 15) is 9.59 Å². The van der Waals surface area contributed by atoms with Crippen molar-refractivity contribution < 1.29 is 19.1 Å². The maximum atomic E-state index is 11.9. The van der Waals surface area contributed by atoms with Gasteiger partial charge < -0.3 is 14.8 Å². The third-order valence-corrected chi connectivity index (χ3v) is 3.79. The summed E-state index contributed by atoms with van der Waals surface area (Å²) in [6, 6.07) is 11.2. The van der Waals surface area contributed by atoms with Gasteiger partial charge in [0.15, 0.2) is 12.7 Å². The van der Waals surface area contributed by atoms with Crippen molar-refractivity contribution in [2.75, 3.05) is 11.9 Å². The minimum atomic E-state index is -0.943. The number of halogens is 3. The standard InChI is InChI=1S/C17H14Cl3NO4/c1-10(25-15-7-4-12(19)8-14(15)20)17(23)24-9-16(22)21-13-5-2-11(18)3-6-13/h2-8,10H,9H2,1H3,(H,21,22)/t10-/m1/s1. The van der Waals surface area contributed by atoms with Crippen LogP contribution in [0.1, 0.15) is 6.92 Å². The van der Waals surface area contributed by atoms with Crippen LogP contribution in [0.2, 0.25) is 15.1 Å². The van der Waals surface area contributed by atoms with Crippen molar-refractivity contribution in [1.82, 2.24) is 0 Å². The van der Waals surface area contributed by atoms with Gasteiger partial charge in [0.2, 0.25) is 0 Å². The molecule has 132 valence electrons. The first-order chi connectivity index (χ1) is 11.8. The van der Waals surface area contributed by atoms with E-state index in [1.165, 1.54) is 13.0 Å². The minimum Gasteiger partial charge on any atom is -0.477 e. The van der Waals surface area contributed by atoms with Crippen LogP contribution in [0.15, 0.2) is 42.5 Å². The molecule has 0 spiro atoms. The number of hydrogen-bond acceptors (Lipinski definition) is 4. The molecule has 0 heterocycles. The Morgan fingerprint density at radius 3 is 2.32 bits per heavy atom. The lowest BCUT2D eigenvalue weighted by molar-refractivity contribution is -0.153. The fourth-order valence-corrected chi connectivity index (χ4v) is 2.37. The van der Waals surface area contributed by atoms with E-state index in [0.717, 1.165) is 0 Å². The first-order valence-corrected chi connectivity index (χ1v) is 8.32. The number of hydrogen-bond donors (Lipinski definition) is 1. The molecule has 8 heteroatoms. The summed E-state index contributed by atoms with van der Waals surface area (Å²) in [6.45, 7) is 1.05. The van der Waals surface area contributed by atoms with Crippen LogP contribution in [0.25, 0.3) is 0 Å². The number of rotatable bonds is 6. The van der Waals surface area contributed by atoms with Gasteiger partial charge in [0.05, 0.1) is 5.02 Å². The quantitative estimate of drug-likeness (QED) is 0.717. The third-order valence-electron chi connectivity index (χ3n) is 3.00. The van der Waals surface area contributed by atoms with Crippen molar-refractivity contribution in [3.63, 3.8) is 0 Å². The number of nitrogens with one attached hydrogen (secondary N) is 1. The molecule has 1 N–H and O–H groups in total. The van der Waals surface area contributed by atoms with Gasteiger partial charge in [-0.2, -0.15) is 0 Å². The summed E-state index contributed by atoms with van der Waals surface area (Å²) in [5.41, 5.74) is 0.544. The molecule has 5 nitrogen and oxygen atoms in total. The summed E-state index contributed by atoms with van der Waals surface area (Å²) in [6.07, 6.45) is -0.943. The average molecular weight is 403 g/mol.